The summed E-state index contributed by atoms with van der Waals surface area (Å²) in [6.07, 6.45) is 1.68. The molecule has 1 saturated heterocycles. The molecule has 1 fully saturated rings. The largest absolute Gasteiger partial charge is 0.326 e. The highest BCUT2D eigenvalue weighted by atomic mass is 32.1. The molecule has 1 aliphatic rings. The summed E-state index contributed by atoms with van der Waals surface area (Å²) in [5.74, 6) is -0.372. The van der Waals surface area contributed by atoms with Crippen molar-refractivity contribution in [2.45, 2.75) is 6.92 Å². The van der Waals surface area contributed by atoms with Crippen LogP contribution in [0, 0.1) is 6.92 Å². The van der Waals surface area contributed by atoms with E-state index in [1.807, 2.05) is 18.4 Å². The van der Waals surface area contributed by atoms with E-state index < -0.39 is 6.03 Å². The topological polar surface area (TPSA) is 58.2 Å². The molecule has 0 atom stereocenters. The molecule has 3 amide bonds. The smallest absolute Gasteiger partial charge is 0.303 e. The summed E-state index contributed by atoms with van der Waals surface area (Å²) in [6, 6.07) is 1.50. The van der Waals surface area contributed by atoms with Crippen LogP contribution in [-0.4, -0.2) is 11.9 Å². The zero-order chi connectivity index (χ0) is 10.1. The molecule has 0 bridgehead atoms. The van der Waals surface area contributed by atoms with Crippen LogP contribution in [0.15, 0.2) is 17.1 Å². The number of amides is 3. The van der Waals surface area contributed by atoms with Crippen molar-refractivity contribution >= 4 is 29.4 Å². The SMILES string of the molecule is Cc1ccsc1C=C1NC(=O)NC1=O. The van der Waals surface area contributed by atoms with E-state index in [1.165, 1.54) is 11.3 Å². The fourth-order valence-electron chi connectivity index (χ4n) is 1.15. The highest BCUT2D eigenvalue weighted by molar-refractivity contribution is 7.11. The second-order valence-electron chi connectivity index (χ2n) is 2.93. The fourth-order valence-corrected chi connectivity index (χ4v) is 2.00. The third-order valence-corrected chi connectivity index (χ3v) is 2.86. The first kappa shape index (κ1) is 8.96. The highest BCUT2D eigenvalue weighted by Crippen LogP contribution is 2.19. The van der Waals surface area contributed by atoms with Gasteiger partial charge in [-0.25, -0.2) is 4.79 Å². The lowest BCUT2D eigenvalue weighted by Gasteiger charge is -1.93. The second kappa shape index (κ2) is 3.26. The van der Waals surface area contributed by atoms with Crippen molar-refractivity contribution in [1.82, 2.24) is 10.6 Å². The lowest BCUT2D eigenvalue weighted by molar-refractivity contribution is -0.115. The van der Waals surface area contributed by atoms with Gasteiger partial charge in [0.05, 0.1) is 0 Å². The van der Waals surface area contributed by atoms with E-state index >= 15 is 0 Å². The maximum Gasteiger partial charge on any atom is 0.326 e. The minimum atomic E-state index is -0.463. The number of rotatable bonds is 1. The molecule has 2 heterocycles. The summed E-state index contributed by atoms with van der Waals surface area (Å²) < 4.78 is 0. The molecule has 5 heteroatoms. The lowest BCUT2D eigenvalue weighted by atomic mass is 10.2. The average Bonchev–Trinajstić information content (AvgIpc) is 2.62. The Balaban J connectivity index is 2.32. The van der Waals surface area contributed by atoms with Crippen molar-refractivity contribution in [3.8, 4) is 0 Å². The summed E-state index contributed by atoms with van der Waals surface area (Å²) in [7, 11) is 0. The van der Waals surface area contributed by atoms with Crippen molar-refractivity contribution in [3.05, 3.63) is 27.6 Å². The summed E-state index contributed by atoms with van der Waals surface area (Å²) >= 11 is 1.53. The maximum absolute atomic E-state index is 11.2. The number of nitrogens with one attached hydrogen (secondary N) is 2. The zero-order valence-corrected chi connectivity index (χ0v) is 8.27. The van der Waals surface area contributed by atoms with Crippen LogP contribution in [0.3, 0.4) is 0 Å². The summed E-state index contributed by atoms with van der Waals surface area (Å²) in [5, 5.41) is 6.52. The third kappa shape index (κ3) is 1.54. The van der Waals surface area contributed by atoms with Crippen molar-refractivity contribution in [2.75, 3.05) is 0 Å². The molecule has 1 aliphatic heterocycles. The number of hydrogen-bond donors (Lipinski definition) is 2. The number of hydrogen-bond acceptors (Lipinski definition) is 3. The molecule has 14 heavy (non-hydrogen) atoms. The molecule has 2 rings (SSSR count). The second-order valence-corrected chi connectivity index (χ2v) is 3.88. The van der Waals surface area contributed by atoms with E-state index in [0.29, 0.717) is 5.70 Å². The van der Waals surface area contributed by atoms with Gasteiger partial charge in [0.25, 0.3) is 5.91 Å². The first-order chi connectivity index (χ1) is 6.66. The highest BCUT2D eigenvalue weighted by Gasteiger charge is 2.22. The van der Waals surface area contributed by atoms with Gasteiger partial charge in [0.15, 0.2) is 0 Å². The minimum absolute atomic E-state index is 0.306. The van der Waals surface area contributed by atoms with Gasteiger partial charge in [0.1, 0.15) is 5.70 Å². The van der Waals surface area contributed by atoms with E-state index in [0.717, 1.165) is 10.4 Å². The predicted molar refractivity (Wildman–Crippen MR) is 53.7 cm³/mol. The molecule has 72 valence electrons. The van der Waals surface area contributed by atoms with Crippen LogP contribution in [0.4, 0.5) is 4.79 Å². The number of urea groups is 1. The summed E-state index contributed by atoms with van der Waals surface area (Å²) in [5.41, 5.74) is 1.40. The van der Waals surface area contributed by atoms with Gasteiger partial charge >= 0.3 is 6.03 Å². The van der Waals surface area contributed by atoms with Gasteiger partial charge in [0, 0.05) is 4.88 Å². The molecule has 1 aromatic rings. The van der Waals surface area contributed by atoms with Crippen molar-refractivity contribution in [2.24, 2.45) is 0 Å². The Labute approximate surface area is 84.6 Å². The van der Waals surface area contributed by atoms with Crippen LogP contribution in [0.2, 0.25) is 0 Å². The maximum atomic E-state index is 11.2. The van der Waals surface area contributed by atoms with Crippen LogP contribution in [0.5, 0.6) is 0 Å². The zero-order valence-electron chi connectivity index (χ0n) is 7.46. The van der Waals surface area contributed by atoms with Gasteiger partial charge in [-0.2, -0.15) is 0 Å². The van der Waals surface area contributed by atoms with Gasteiger partial charge in [-0.3, -0.25) is 10.1 Å². The molecule has 1 aromatic heterocycles. The van der Waals surface area contributed by atoms with E-state index in [4.69, 9.17) is 0 Å². The standard InChI is InChI=1S/C9H8N2O2S/c1-5-2-3-14-7(5)4-6-8(12)11-9(13)10-6/h2-4H,1H3,(H2,10,11,12,13). The van der Waals surface area contributed by atoms with Gasteiger partial charge in [-0.05, 0) is 30.0 Å². The Morgan fingerprint density at radius 2 is 2.14 bits per heavy atom. The molecule has 2 N–H and O–H groups in total. The van der Waals surface area contributed by atoms with Gasteiger partial charge in [-0.15, -0.1) is 11.3 Å². The van der Waals surface area contributed by atoms with Crippen LogP contribution in [-0.2, 0) is 4.79 Å². The molecule has 0 unspecified atom stereocenters. The van der Waals surface area contributed by atoms with E-state index in [2.05, 4.69) is 10.6 Å². The molecular weight excluding hydrogens is 200 g/mol. The van der Waals surface area contributed by atoms with E-state index in [9.17, 15) is 9.59 Å². The molecular formula is C9H8N2O2S. The Morgan fingerprint density at radius 1 is 1.36 bits per heavy atom. The van der Waals surface area contributed by atoms with Crippen LogP contribution in [0.1, 0.15) is 10.4 Å². The predicted octanol–water partition coefficient (Wildman–Crippen LogP) is 1.24. The fraction of sp³-hybridized carbons (Fsp3) is 0.111. The average molecular weight is 208 g/mol. The molecule has 4 nitrogen and oxygen atoms in total. The number of carbonyl (C=O) groups is 2. The summed E-state index contributed by atoms with van der Waals surface area (Å²) in [4.78, 5) is 22.9. The van der Waals surface area contributed by atoms with Gasteiger partial charge in [0.2, 0.25) is 0 Å². The monoisotopic (exact) mass is 208 g/mol. The van der Waals surface area contributed by atoms with E-state index in [-0.39, 0.29) is 5.91 Å². The molecule has 0 spiro atoms. The number of aryl methyl sites for hydroxylation is 1. The Bertz CT molecular complexity index is 434. The van der Waals surface area contributed by atoms with Crippen LogP contribution >= 0.6 is 11.3 Å². The number of carbonyl (C=O) groups excluding carboxylic acids is 2. The van der Waals surface area contributed by atoms with Crippen molar-refractivity contribution < 1.29 is 9.59 Å². The van der Waals surface area contributed by atoms with Gasteiger partial charge < -0.3 is 5.32 Å². The third-order valence-electron chi connectivity index (χ3n) is 1.90. The Morgan fingerprint density at radius 3 is 2.64 bits per heavy atom. The van der Waals surface area contributed by atoms with E-state index in [1.54, 1.807) is 6.08 Å². The normalized spacial score (nSPS) is 18.5. The molecule has 0 aromatic carbocycles. The summed E-state index contributed by atoms with van der Waals surface area (Å²) in [6.45, 7) is 1.96. The lowest BCUT2D eigenvalue weighted by Crippen LogP contribution is -2.22. The number of imide groups is 1. The molecule has 0 radical (unpaired) electrons. The first-order valence-corrected chi connectivity index (χ1v) is 4.93. The minimum Gasteiger partial charge on any atom is -0.303 e. The van der Waals surface area contributed by atoms with Crippen molar-refractivity contribution in [3.63, 3.8) is 0 Å². The Kier molecular flexibility index (Phi) is 2.09. The quantitative estimate of drug-likeness (QED) is 0.539. The number of thiophene rings is 1. The molecule has 0 aliphatic carbocycles. The first-order valence-electron chi connectivity index (χ1n) is 4.05. The van der Waals surface area contributed by atoms with Crippen LogP contribution in [0.25, 0.3) is 6.08 Å². The van der Waals surface area contributed by atoms with Gasteiger partial charge in [-0.1, -0.05) is 0 Å². The van der Waals surface area contributed by atoms with Crippen molar-refractivity contribution in [1.29, 1.82) is 0 Å². The Hall–Kier alpha value is -1.62. The van der Waals surface area contributed by atoms with Crippen LogP contribution < -0.4 is 10.6 Å². The molecule has 0 saturated carbocycles.